The highest BCUT2D eigenvalue weighted by atomic mass is 35.5. The first kappa shape index (κ1) is 24.3. The smallest absolute Gasteiger partial charge is 0.254 e. The average Bonchev–Trinajstić information content (AvgIpc) is 2.91. The maximum Gasteiger partial charge on any atom is 0.254 e. The molecule has 0 bridgehead atoms. The minimum Gasteiger partial charge on any atom is -0.368 e. The molecule has 36 heavy (non-hydrogen) atoms. The Bertz CT molecular complexity index is 1240. The molecule has 0 N–H and O–H groups in total. The minimum atomic E-state index is -0.0704. The van der Waals surface area contributed by atoms with Crippen molar-refractivity contribution in [2.45, 2.75) is 13.5 Å². The molecule has 0 radical (unpaired) electrons. The lowest BCUT2D eigenvalue weighted by atomic mass is 10.0. The third kappa shape index (κ3) is 5.25. The van der Waals surface area contributed by atoms with Crippen molar-refractivity contribution in [1.29, 1.82) is 0 Å². The van der Waals surface area contributed by atoms with Crippen LogP contribution in [0.3, 0.4) is 0 Å². The molecular formula is C29H31ClN4O2. The zero-order valence-electron chi connectivity index (χ0n) is 20.6. The minimum absolute atomic E-state index is 0.0500. The van der Waals surface area contributed by atoms with Crippen LogP contribution in [0.2, 0.25) is 5.02 Å². The van der Waals surface area contributed by atoms with Gasteiger partial charge in [-0.05, 0) is 48.4 Å². The SMILES string of the molecule is Cc1ccc(CN2CCN(c3ccccc3Cl)CC2)cc1C(=O)N1CCN(c2ccccc2)C(=O)C1. The van der Waals surface area contributed by atoms with Gasteiger partial charge in [0.1, 0.15) is 6.54 Å². The monoisotopic (exact) mass is 502 g/mol. The van der Waals surface area contributed by atoms with Gasteiger partial charge in [-0.1, -0.05) is 54.1 Å². The molecule has 3 aromatic carbocycles. The number of rotatable bonds is 5. The highest BCUT2D eigenvalue weighted by molar-refractivity contribution is 6.33. The van der Waals surface area contributed by atoms with Crippen LogP contribution < -0.4 is 9.80 Å². The number of halogens is 1. The molecule has 0 spiro atoms. The second-order valence-corrected chi connectivity index (χ2v) is 9.88. The molecule has 2 saturated heterocycles. The molecule has 6 nitrogen and oxygen atoms in total. The molecule has 0 aromatic heterocycles. The van der Waals surface area contributed by atoms with E-state index in [-0.39, 0.29) is 18.4 Å². The average molecular weight is 503 g/mol. The predicted molar refractivity (Wildman–Crippen MR) is 145 cm³/mol. The zero-order chi connectivity index (χ0) is 25.1. The van der Waals surface area contributed by atoms with Gasteiger partial charge in [0.05, 0.1) is 10.7 Å². The Kier molecular flexibility index (Phi) is 7.25. The lowest BCUT2D eigenvalue weighted by molar-refractivity contribution is -0.120. The van der Waals surface area contributed by atoms with Gasteiger partial charge in [0, 0.05) is 57.1 Å². The van der Waals surface area contributed by atoms with Crippen LogP contribution in [0.25, 0.3) is 0 Å². The molecular weight excluding hydrogens is 472 g/mol. The molecule has 2 aliphatic heterocycles. The molecule has 0 aliphatic carbocycles. The molecule has 2 amide bonds. The number of nitrogens with zero attached hydrogens (tertiary/aromatic N) is 4. The Labute approximate surface area is 217 Å². The number of hydrogen-bond acceptors (Lipinski definition) is 4. The Morgan fingerprint density at radius 1 is 0.861 bits per heavy atom. The van der Waals surface area contributed by atoms with Gasteiger partial charge < -0.3 is 14.7 Å². The molecule has 0 saturated carbocycles. The number of para-hydroxylation sites is 2. The number of hydrogen-bond donors (Lipinski definition) is 0. The molecule has 186 valence electrons. The fourth-order valence-electron chi connectivity index (χ4n) is 5.01. The number of anilines is 2. The van der Waals surface area contributed by atoms with Crippen LogP contribution in [0.5, 0.6) is 0 Å². The van der Waals surface area contributed by atoms with E-state index < -0.39 is 0 Å². The van der Waals surface area contributed by atoms with Crippen LogP contribution in [0.4, 0.5) is 11.4 Å². The van der Waals surface area contributed by atoms with E-state index in [2.05, 4.69) is 21.9 Å². The van der Waals surface area contributed by atoms with E-state index in [4.69, 9.17) is 11.6 Å². The Morgan fingerprint density at radius 2 is 1.58 bits per heavy atom. The standard InChI is InChI=1S/C29H31ClN4O2/c1-22-11-12-23(20-31-13-15-32(16-14-31)27-10-6-5-9-26(27)30)19-25(22)29(36)33-17-18-34(28(35)21-33)24-7-3-2-4-8-24/h2-12,19H,13-18,20-21H2,1H3. The second-order valence-electron chi connectivity index (χ2n) is 9.47. The molecule has 2 aliphatic rings. The predicted octanol–water partition coefficient (Wildman–Crippen LogP) is 4.46. The fourth-order valence-corrected chi connectivity index (χ4v) is 5.26. The molecule has 0 atom stereocenters. The number of carbonyl (C=O) groups excluding carboxylic acids is 2. The number of benzene rings is 3. The summed E-state index contributed by atoms with van der Waals surface area (Å²) < 4.78 is 0. The van der Waals surface area contributed by atoms with Crippen LogP contribution in [0, 0.1) is 6.92 Å². The first-order valence-electron chi connectivity index (χ1n) is 12.5. The first-order chi connectivity index (χ1) is 17.5. The number of carbonyl (C=O) groups is 2. The van der Waals surface area contributed by atoms with E-state index in [0.29, 0.717) is 18.7 Å². The molecule has 2 heterocycles. The summed E-state index contributed by atoms with van der Waals surface area (Å²) in [6, 6.07) is 23.7. The quantitative estimate of drug-likeness (QED) is 0.517. The summed E-state index contributed by atoms with van der Waals surface area (Å²) in [5.41, 5.74) is 4.70. The van der Waals surface area contributed by atoms with Crippen LogP contribution >= 0.6 is 11.6 Å². The van der Waals surface area contributed by atoms with Gasteiger partial charge in [0.15, 0.2) is 0 Å². The van der Waals surface area contributed by atoms with Crippen molar-refractivity contribution >= 4 is 34.8 Å². The molecule has 2 fully saturated rings. The van der Waals surface area contributed by atoms with Crippen molar-refractivity contribution in [1.82, 2.24) is 9.80 Å². The van der Waals surface area contributed by atoms with Crippen molar-refractivity contribution < 1.29 is 9.59 Å². The van der Waals surface area contributed by atoms with E-state index in [1.54, 1.807) is 9.80 Å². The van der Waals surface area contributed by atoms with Crippen LogP contribution in [0.15, 0.2) is 72.8 Å². The zero-order valence-corrected chi connectivity index (χ0v) is 21.3. The van der Waals surface area contributed by atoms with Gasteiger partial charge in [-0.2, -0.15) is 0 Å². The number of amides is 2. The molecule has 3 aromatic rings. The normalized spacial score (nSPS) is 16.9. The van der Waals surface area contributed by atoms with Crippen LogP contribution in [0.1, 0.15) is 21.5 Å². The lowest BCUT2D eigenvalue weighted by Crippen LogP contribution is -2.52. The highest BCUT2D eigenvalue weighted by Gasteiger charge is 2.29. The second kappa shape index (κ2) is 10.7. The van der Waals surface area contributed by atoms with Gasteiger partial charge in [0.25, 0.3) is 5.91 Å². The van der Waals surface area contributed by atoms with E-state index in [9.17, 15) is 9.59 Å². The Morgan fingerprint density at radius 3 is 2.31 bits per heavy atom. The number of aryl methyl sites for hydroxylation is 1. The van der Waals surface area contributed by atoms with E-state index in [1.807, 2.05) is 67.6 Å². The van der Waals surface area contributed by atoms with Crippen LogP contribution in [-0.4, -0.2) is 67.4 Å². The Hall–Kier alpha value is -3.35. The maximum atomic E-state index is 13.4. The summed E-state index contributed by atoms with van der Waals surface area (Å²) in [5.74, 6) is -0.120. The summed E-state index contributed by atoms with van der Waals surface area (Å²) in [4.78, 5) is 34.4. The highest BCUT2D eigenvalue weighted by Crippen LogP contribution is 2.26. The van der Waals surface area contributed by atoms with E-state index >= 15 is 0 Å². The summed E-state index contributed by atoms with van der Waals surface area (Å²) in [7, 11) is 0. The van der Waals surface area contributed by atoms with Crippen molar-refractivity contribution in [3.63, 3.8) is 0 Å². The summed E-state index contributed by atoms with van der Waals surface area (Å²) in [5, 5.41) is 0.788. The van der Waals surface area contributed by atoms with Gasteiger partial charge >= 0.3 is 0 Å². The summed E-state index contributed by atoms with van der Waals surface area (Å²) >= 11 is 6.38. The van der Waals surface area contributed by atoms with E-state index in [0.717, 1.165) is 60.2 Å². The van der Waals surface area contributed by atoms with Crippen molar-refractivity contribution in [2.24, 2.45) is 0 Å². The third-order valence-corrected chi connectivity index (χ3v) is 7.40. The fraction of sp³-hybridized carbons (Fsp3) is 0.310. The van der Waals surface area contributed by atoms with Crippen LogP contribution in [-0.2, 0) is 11.3 Å². The van der Waals surface area contributed by atoms with Gasteiger partial charge in [-0.3, -0.25) is 14.5 Å². The van der Waals surface area contributed by atoms with Crippen molar-refractivity contribution in [2.75, 3.05) is 55.6 Å². The first-order valence-corrected chi connectivity index (χ1v) is 12.8. The Balaban J connectivity index is 1.21. The van der Waals surface area contributed by atoms with Gasteiger partial charge in [-0.15, -0.1) is 0 Å². The van der Waals surface area contributed by atoms with Gasteiger partial charge in [-0.25, -0.2) is 0 Å². The topological polar surface area (TPSA) is 47.1 Å². The maximum absolute atomic E-state index is 13.4. The summed E-state index contributed by atoms with van der Waals surface area (Å²) in [6.45, 7) is 7.55. The summed E-state index contributed by atoms with van der Waals surface area (Å²) in [6.07, 6.45) is 0. The number of piperazine rings is 2. The van der Waals surface area contributed by atoms with E-state index in [1.165, 1.54) is 0 Å². The van der Waals surface area contributed by atoms with Crippen molar-refractivity contribution in [3.05, 3.63) is 94.5 Å². The third-order valence-electron chi connectivity index (χ3n) is 7.08. The lowest BCUT2D eigenvalue weighted by Gasteiger charge is -2.36. The molecule has 0 unspecified atom stereocenters. The molecule has 7 heteroatoms. The van der Waals surface area contributed by atoms with Gasteiger partial charge in [0.2, 0.25) is 5.91 Å². The largest absolute Gasteiger partial charge is 0.368 e. The van der Waals surface area contributed by atoms with Crippen molar-refractivity contribution in [3.8, 4) is 0 Å². The molecule has 5 rings (SSSR count).